The average Bonchev–Trinajstić information content (AvgIpc) is 3.03. The predicted octanol–water partition coefficient (Wildman–Crippen LogP) is 12.1. The summed E-state index contributed by atoms with van der Waals surface area (Å²) in [6, 6.07) is -0.528. The number of aliphatic hydroxyl groups excluding tert-OH is 2. The van der Waals surface area contributed by atoms with E-state index in [2.05, 4.69) is 19.2 Å². The minimum absolute atomic E-state index is 0.0276. The Morgan fingerprint density at radius 1 is 0.455 bits per heavy atom. The van der Waals surface area contributed by atoms with Gasteiger partial charge in [-0.1, -0.05) is 213 Å². The third-order valence-electron chi connectivity index (χ3n) is 9.62. The molecule has 0 fully saturated rings. The van der Waals surface area contributed by atoms with Crippen LogP contribution in [0.15, 0.2) is 0 Å². The van der Waals surface area contributed by atoms with Crippen LogP contribution in [0.25, 0.3) is 0 Å². The van der Waals surface area contributed by atoms with Crippen molar-refractivity contribution in [2.75, 3.05) is 6.61 Å². The van der Waals surface area contributed by atoms with Crippen LogP contribution in [0, 0.1) is 0 Å². The Balaban J connectivity index is 3.49. The van der Waals surface area contributed by atoms with E-state index in [1.54, 1.807) is 0 Å². The first-order chi connectivity index (χ1) is 21.7. The Morgan fingerprint density at radius 2 is 0.727 bits per heavy atom. The molecule has 4 heteroatoms. The van der Waals surface area contributed by atoms with Crippen LogP contribution in [-0.4, -0.2) is 34.9 Å². The van der Waals surface area contributed by atoms with E-state index in [4.69, 9.17) is 0 Å². The maximum atomic E-state index is 12.4. The second kappa shape index (κ2) is 36.9. The molecule has 0 aliphatic heterocycles. The second-order valence-electron chi connectivity index (χ2n) is 14.1. The van der Waals surface area contributed by atoms with E-state index in [0.717, 1.165) is 25.7 Å². The molecule has 3 N–H and O–H groups in total. The fourth-order valence-corrected chi connectivity index (χ4v) is 6.48. The number of carbonyl (C=O) groups excluding carboxylic acids is 1. The van der Waals surface area contributed by atoms with E-state index in [9.17, 15) is 15.0 Å². The van der Waals surface area contributed by atoms with E-state index >= 15 is 0 Å². The number of nitrogens with one attached hydrogen (secondary N) is 1. The summed E-state index contributed by atoms with van der Waals surface area (Å²) in [7, 11) is 0. The number of aliphatic hydroxyl groups is 2. The smallest absolute Gasteiger partial charge is 0.220 e. The van der Waals surface area contributed by atoms with Gasteiger partial charge in [-0.25, -0.2) is 0 Å². The highest BCUT2D eigenvalue weighted by molar-refractivity contribution is 5.76. The molecule has 0 aromatic rings. The molecule has 0 aliphatic carbocycles. The molecular formula is C40H81NO3. The molecule has 0 saturated heterocycles. The van der Waals surface area contributed by atoms with Gasteiger partial charge in [0.25, 0.3) is 0 Å². The summed E-state index contributed by atoms with van der Waals surface area (Å²) in [6.45, 7) is 4.37. The van der Waals surface area contributed by atoms with E-state index in [0.29, 0.717) is 12.8 Å². The number of rotatable bonds is 37. The first kappa shape index (κ1) is 43.4. The van der Waals surface area contributed by atoms with Gasteiger partial charge in [0.2, 0.25) is 5.91 Å². The molecule has 4 nitrogen and oxygen atoms in total. The van der Waals surface area contributed by atoms with E-state index < -0.39 is 12.1 Å². The van der Waals surface area contributed by atoms with Crippen LogP contribution < -0.4 is 5.32 Å². The maximum Gasteiger partial charge on any atom is 0.220 e. The van der Waals surface area contributed by atoms with Crippen LogP contribution in [0.5, 0.6) is 0 Å². The zero-order chi connectivity index (χ0) is 32.2. The molecule has 0 rings (SSSR count). The molecule has 44 heavy (non-hydrogen) atoms. The highest BCUT2D eigenvalue weighted by Gasteiger charge is 2.19. The summed E-state index contributed by atoms with van der Waals surface area (Å²) in [4.78, 5) is 12.4. The van der Waals surface area contributed by atoms with Crippen LogP contribution in [0.4, 0.5) is 0 Å². The van der Waals surface area contributed by atoms with Crippen molar-refractivity contribution in [3.63, 3.8) is 0 Å². The van der Waals surface area contributed by atoms with Crippen LogP contribution >= 0.6 is 0 Å². The Kier molecular flexibility index (Phi) is 36.3. The highest BCUT2D eigenvalue weighted by Crippen LogP contribution is 2.16. The SMILES string of the molecule is CCCCCCCCCCCCCCCCCCC[C@@H](O)[C@H](CO)NC(=O)CCCCCCCCCCCCCCCCC. The monoisotopic (exact) mass is 624 g/mol. The fourth-order valence-electron chi connectivity index (χ4n) is 6.48. The summed E-state index contributed by atoms with van der Waals surface area (Å²) in [5, 5.41) is 23.1. The van der Waals surface area contributed by atoms with Crippen molar-refractivity contribution in [3.05, 3.63) is 0 Å². The minimum Gasteiger partial charge on any atom is -0.394 e. The topological polar surface area (TPSA) is 69.6 Å². The first-order valence-corrected chi connectivity index (χ1v) is 20.2. The quantitative estimate of drug-likeness (QED) is 0.0603. The summed E-state index contributed by atoms with van der Waals surface area (Å²) in [6.07, 6.45) is 43.1. The number of carbonyl (C=O) groups is 1. The molecule has 0 saturated carbocycles. The molecule has 2 atom stereocenters. The standard InChI is InChI=1S/C40H81NO3/c1-3-5-7-9-11-13-15-17-19-20-22-23-25-27-29-31-33-35-39(43)38(37-42)41-40(44)36-34-32-30-28-26-24-21-18-16-14-12-10-8-6-4-2/h38-39,42-43H,3-37H2,1-2H3,(H,41,44)/t38-,39+/m0/s1. The largest absolute Gasteiger partial charge is 0.394 e. The van der Waals surface area contributed by atoms with Gasteiger partial charge in [0.1, 0.15) is 0 Å². The van der Waals surface area contributed by atoms with Crippen LogP contribution in [0.1, 0.15) is 232 Å². The number of unbranched alkanes of at least 4 members (excludes halogenated alkanes) is 30. The molecule has 0 unspecified atom stereocenters. The molecule has 1 amide bonds. The molecule has 0 aromatic carbocycles. The summed E-state index contributed by atoms with van der Waals surface area (Å²) in [5.41, 5.74) is 0. The van der Waals surface area contributed by atoms with Gasteiger partial charge < -0.3 is 15.5 Å². The molecule has 0 radical (unpaired) electrons. The van der Waals surface area contributed by atoms with Crippen LogP contribution in [0.2, 0.25) is 0 Å². The van der Waals surface area contributed by atoms with Gasteiger partial charge in [-0.2, -0.15) is 0 Å². The van der Waals surface area contributed by atoms with Crippen molar-refractivity contribution in [2.45, 2.75) is 244 Å². The van der Waals surface area contributed by atoms with Gasteiger partial charge in [-0.15, -0.1) is 0 Å². The number of hydrogen-bond donors (Lipinski definition) is 3. The second-order valence-corrected chi connectivity index (χ2v) is 14.1. The molecule has 0 aromatic heterocycles. The van der Waals surface area contributed by atoms with E-state index in [1.807, 2.05) is 0 Å². The molecule has 0 bridgehead atoms. The van der Waals surface area contributed by atoms with E-state index in [-0.39, 0.29) is 12.5 Å². The maximum absolute atomic E-state index is 12.4. The zero-order valence-electron chi connectivity index (χ0n) is 30.2. The number of hydrogen-bond acceptors (Lipinski definition) is 3. The van der Waals surface area contributed by atoms with Gasteiger partial charge in [0.15, 0.2) is 0 Å². The molecule has 0 heterocycles. The lowest BCUT2D eigenvalue weighted by atomic mass is 10.0. The Labute approximate surface area is 276 Å². The normalized spacial score (nSPS) is 12.9. The lowest BCUT2D eigenvalue weighted by molar-refractivity contribution is -0.123. The fraction of sp³-hybridized carbons (Fsp3) is 0.975. The third kappa shape index (κ3) is 32.8. The molecule has 0 spiro atoms. The van der Waals surface area contributed by atoms with Crippen molar-refractivity contribution >= 4 is 5.91 Å². The van der Waals surface area contributed by atoms with Crippen LogP contribution in [0.3, 0.4) is 0 Å². The van der Waals surface area contributed by atoms with Gasteiger partial charge >= 0.3 is 0 Å². The molecule has 0 aliphatic rings. The van der Waals surface area contributed by atoms with Crippen molar-refractivity contribution in [3.8, 4) is 0 Å². The third-order valence-corrected chi connectivity index (χ3v) is 9.62. The summed E-state index contributed by atoms with van der Waals surface area (Å²) in [5.74, 6) is -0.0276. The van der Waals surface area contributed by atoms with Crippen molar-refractivity contribution in [1.29, 1.82) is 0 Å². The van der Waals surface area contributed by atoms with Crippen molar-refractivity contribution < 1.29 is 15.0 Å². The Bertz CT molecular complexity index is 555. The van der Waals surface area contributed by atoms with Gasteiger partial charge in [0, 0.05) is 6.42 Å². The van der Waals surface area contributed by atoms with Gasteiger partial charge in [-0.3, -0.25) is 4.79 Å². The lowest BCUT2D eigenvalue weighted by Gasteiger charge is -2.22. The summed E-state index contributed by atoms with van der Waals surface area (Å²) < 4.78 is 0. The van der Waals surface area contributed by atoms with Crippen LogP contribution in [-0.2, 0) is 4.79 Å². The first-order valence-electron chi connectivity index (χ1n) is 20.2. The highest BCUT2D eigenvalue weighted by atomic mass is 16.3. The molecule has 264 valence electrons. The van der Waals surface area contributed by atoms with E-state index in [1.165, 1.54) is 180 Å². The Hall–Kier alpha value is -0.610. The lowest BCUT2D eigenvalue weighted by Crippen LogP contribution is -2.45. The Morgan fingerprint density at radius 3 is 1.02 bits per heavy atom. The van der Waals surface area contributed by atoms with Crippen molar-refractivity contribution in [1.82, 2.24) is 5.32 Å². The average molecular weight is 624 g/mol. The zero-order valence-corrected chi connectivity index (χ0v) is 30.2. The molecular weight excluding hydrogens is 542 g/mol. The van der Waals surface area contributed by atoms with Gasteiger partial charge in [0.05, 0.1) is 18.8 Å². The summed E-state index contributed by atoms with van der Waals surface area (Å²) >= 11 is 0. The predicted molar refractivity (Wildman–Crippen MR) is 193 cm³/mol. The minimum atomic E-state index is -0.652. The van der Waals surface area contributed by atoms with Gasteiger partial charge in [-0.05, 0) is 12.8 Å². The van der Waals surface area contributed by atoms with Crippen molar-refractivity contribution in [2.24, 2.45) is 0 Å². The number of amides is 1.